The first kappa shape index (κ1) is 20.6. The average Bonchev–Trinajstić information content (AvgIpc) is 3.25. The van der Waals surface area contributed by atoms with Crippen molar-refractivity contribution in [3.63, 3.8) is 0 Å². The number of pyridine rings is 1. The van der Waals surface area contributed by atoms with Gasteiger partial charge in [0.2, 0.25) is 5.91 Å². The highest BCUT2D eigenvalue weighted by Crippen LogP contribution is 2.44. The van der Waals surface area contributed by atoms with Gasteiger partial charge < -0.3 is 9.64 Å². The van der Waals surface area contributed by atoms with Crippen molar-refractivity contribution < 1.29 is 13.9 Å². The highest BCUT2D eigenvalue weighted by Gasteiger charge is 2.49. The predicted molar refractivity (Wildman–Crippen MR) is 117 cm³/mol. The molecule has 0 spiro atoms. The number of carbonyl (C=O) groups is 1. The lowest BCUT2D eigenvalue weighted by Gasteiger charge is -2.39. The monoisotopic (exact) mass is 422 g/mol. The number of ether oxygens (including phenoxy) is 1. The first-order valence-electron chi connectivity index (χ1n) is 11.7. The van der Waals surface area contributed by atoms with Gasteiger partial charge in [-0.25, -0.2) is 4.39 Å². The third kappa shape index (κ3) is 4.00. The first-order chi connectivity index (χ1) is 15.2. The van der Waals surface area contributed by atoms with Crippen molar-refractivity contribution >= 4 is 5.91 Å². The molecule has 5 heteroatoms. The molecule has 2 aromatic rings. The fourth-order valence-electron chi connectivity index (χ4n) is 6.23. The minimum atomic E-state index is -0.662. The number of carbonyl (C=O) groups excluding carboxylic acids is 1. The van der Waals surface area contributed by atoms with Crippen LogP contribution in [-0.2, 0) is 21.4 Å². The Balaban J connectivity index is 1.37. The molecule has 164 valence electrons. The summed E-state index contributed by atoms with van der Waals surface area (Å²) < 4.78 is 19.7. The highest BCUT2D eigenvalue weighted by molar-refractivity contribution is 5.88. The van der Waals surface area contributed by atoms with E-state index in [0.717, 1.165) is 30.8 Å². The molecule has 5 rings (SSSR count). The molecule has 1 amide bonds. The zero-order valence-electron chi connectivity index (χ0n) is 18.0. The molecule has 4 nitrogen and oxygen atoms in total. The van der Waals surface area contributed by atoms with E-state index in [0.29, 0.717) is 43.8 Å². The number of likely N-dealkylation sites (tertiary alicyclic amines) is 1. The number of hydrogen-bond acceptors (Lipinski definition) is 3. The third-order valence-corrected chi connectivity index (χ3v) is 7.86. The lowest BCUT2D eigenvalue weighted by atomic mass is 9.72. The van der Waals surface area contributed by atoms with Crippen LogP contribution in [-0.4, -0.2) is 42.1 Å². The van der Waals surface area contributed by atoms with Gasteiger partial charge in [-0.2, -0.15) is 0 Å². The van der Waals surface area contributed by atoms with Crippen molar-refractivity contribution in [2.75, 3.05) is 26.3 Å². The van der Waals surface area contributed by atoms with Crippen LogP contribution >= 0.6 is 0 Å². The van der Waals surface area contributed by atoms with Gasteiger partial charge in [0.25, 0.3) is 0 Å². The summed E-state index contributed by atoms with van der Waals surface area (Å²) in [5.74, 6) is 1.57. The van der Waals surface area contributed by atoms with Gasteiger partial charge in [-0.3, -0.25) is 9.78 Å². The fraction of sp³-hybridized carbons (Fsp3) is 0.538. The Morgan fingerprint density at radius 1 is 1.13 bits per heavy atom. The maximum absolute atomic E-state index is 14.1. The molecule has 3 heterocycles. The van der Waals surface area contributed by atoms with Crippen LogP contribution in [0.3, 0.4) is 0 Å². The van der Waals surface area contributed by atoms with Crippen LogP contribution in [0.2, 0.25) is 0 Å². The van der Waals surface area contributed by atoms with E-state index in [-0.39, 0.29) is 11.7 Å². The molecule has 1 aromatic carbocycles. The lowest BCUT2D eigenvalue weighted by molar-refractivity contribution is -0.140. The number of halogens is 1. The summed E-state index contributed by atoms with van der Waals surface area (Å²) in [6.07, 6.45) is 7.74. The Labute approximate surface area is 183 Å². The number of aromatic nitrogens is 1. The second kappa shape index (κ2) is 8.70. The molecule has 0 radical (unpaired) electrons. The van der Waals surface area contributed by atoms with Crippen LogP contribution in [0.25, 0.3) is 0 Å². The molecular weight excluding hydrogens is 391 g/mol. The molecule has 0 unspecified atom stereocenters. The van der Waals surface area contributed by atoms with Gasteiger partial charge in [0.15, 0.2) is 0 Å². The maximum atomic E-state index is 14.1. The molecule has 3 aliphatic rings. The topological polar surface area (TPSA) is 42.4 Å². The molecule has 3 atom stereocenters. The molecule has 1 saturated carbocycles. The minimum absolute atomic E-state index is 0.174. The van der Waals surface area contributed by atoms with Crippen molar-refractivity contribution in [3.05, 3.63) is 65.7 Å². The Hall–Kier alpha value is -2.27. The summed E-state index contributed by atoms with van der Waals surface area (Å²) in [6, 6.07) is 12.8. The lowest BCUT2D eigenvalue weighted by Crippen LogP contribution is -2.49. The van der Waals surface area contributed by atoms with Crippen molar-refractivity contribution in [2.24, 2.45) is 17.8 Å². The van der Waals surface area contributed by atoms with E-state index in [9.17, 15) is 9.18 Å². The van der Waals surface area contributed by atoms with Gasteiger partial charge in [-0.1, -0.05) is 24.6 Å². The van der Waals surface area contributed by atoms with E-state index in [1.54, 1.807) is 12.1 Å². The Bertz CT molecular complexity index is 913. The van der Waals surface area contributed by atoms with Crippen LogP contribution < -0.4 is 0 Å². The second-order valence-corrected chi connectivity index (χ2v) is 9.56. The summed E-state index contributed by atoms with van der Waals surface area (Å²) >= 11 is 0. The van der Waals surface area contributed by atoms with Crippen LogP contribution in [0.5, 0.6) is 0 Å². The predicted octanol–water partition coefficient (Wildman–Crippen LogP) is 4.39. The summed E-state index contributed by atoms with van der Waals surface area (Å²) in [6.45, 7) is 2.75. The number of nitrogens with zero attached hydrogens (tertiary/aromatic N) is 2. The zero-order chi connectivity index (χ0) is 21.3. The molecule has 0 bridgehead atoms. The van der Waals surface area contributed by atoms with E-state index in [2.05, 4.69) is 22.0 Å². The average molecular weight is 423 g/mol. The van der Waals surface area contributed by atoms with Crippen LogP contribution in [0.15, 0.2) is 48.7 Å². The van der Waals surface area contributed by atoms with Crippen molar-refractivity contribution in [1.82, 2.24) is 9.88 Å². The number of rotatable bonds is 4. The molecule has 0 N–H and O–H groups in total. The van der Waals surface area contributed by atoms with Gasteiger partial charge >= 0.3 is 0 Å². The zero-order valence-corrected chi connectivity index (χ0v) is 18.0. The van der Waals surface area contributed by atoms with E-state index < -0.39 is 5.41 Å². The fourth-order valence-corrected chi connectivity index (χ4v) is 6.23. The second-order valence-electron chi connectivity index (χ2n) is 9.56. The minimum Gasteiger partial charge on any atom is -0.381 e. The van der Waals surface area contributed by atoms with Gasteiger partial charge in [-0.05, 0) is 79.7 Å². The largest absolute Gasteiger partial charge is 0.381 e. The SMILES string of the molecule is O=C(N1C[C@H]2CCC[C@H](Cc3ccccn3)[C@H]2C1)C1(c2cccc(F)c2)CCOCC1. The Morgan fingerprint density at radius 3 is 2.77 bits per heavy atom. The first-order valence-corrected chi connectivity index (χ1v) is 11.7. The summed E-state index contributed by atoms with van der Waals surface area (Å²) in [5.41, 5.74) is 1.30. The van der Waals surface area contributed by atoms with Crippen molar-refractivity contribution in [1.29, 1.82) is 0 Å². The smallest absolute Gasteiger partial charge is 0.233 e. The molecule has 31 heavy (non-hydrogen) atoms. The number of benzene rings is 1. The quantitative estimate of drug-likeness (QED) is 0.734. The summed E-state index contributed by atoms with van der Waals surface area (Å²) in [4.78, 5) is 20.6. The van der Waals surface area contributed by atoms with E-state index in [1.165, 1.54) is 25.3 Å². The van der Waals surface area contributed by atoms with Crippen molar-refractivity contribution in [3.8, 4) is 0 Å². The molecule has 3 fully saturated rings. The van der Waals surface area contributed by atoms with Crippen LogP contribution in [0.4, 0.5) is 4.39 Å². The highest BCUT2D eigenvalue weighted by atomic mass is 19.1. The molecule has 2 aliphatic heterocycles. The standard InChI is InChI=1S/C26H31FN2O2/c27-22-8-4-7-21(16-22)26(10-13-31-14-11-26)25(30)29-17-20-6-3-5-19(24(20)18-29)15-23-9-1-2-12-28-23/h1-2,4,7-9,12,16,19-20,24H,3,5-6,10-11,13-15,17-18H2/t19-,20-,24-/m1/s1. The number of hydrogen-bond donors (Lipinski definition) is 0. The maximum Gasteiger partial charge on any atom is 0.233 e. The normalized spacial score (nSPS) is 27.6. The summed E-state index contributed by atoms with van der Waals surface area (Å²) in [5, 5.41) is 0. The summed E-state index contributed by atoms with van der Waals surface area (Å²) in [7, 11) is 0. The van der Waals surface area contributed by atoms with Gasteiger partial charge in [0, 0.05) is 38.2 Å². The molecule has 1 aliphatic carbocycles. The van der Waals surface area contributed by atoms with Gasteiger partial charge in [0.1, 0.15) is 5.82 Å². The van der Waals surface area contributed by atoms with E-state index in [4.69, 9.17) is 4.74 Å². The van der Waals surface area contributed by atoms with E-state index in [1.807, 2.05) is 18.3 Å². The molecule has 1 aromatic heterocycles. The van der Waals surface area contributed by atoms with Crippen LogP contribution in [0.1, 0.15) is 43.4 Å². The number of amides is 1. The van der Waals surface area contributed by atoms with Crippen molar-refractivity contribution in [2.45, 2.75) is 43.9 Å². The van der Waals surface area contributed by atoms with Gasteiger partial charge in [0.05, 0.1) is 5.41 Å². The number of fused-ring (bicyclic) bond motifs is 1. The molecule has 2 saturated heterocycles. The Morgan fingerprint density at radius 2 is 2.00 bits per heavy atom. The third-order valence-electron chi connectivity index (χ3n) is 7.86. The molecular formula is C26H31FN2O2. The van der Waals surface area contributed by atoms with Gasteiger partial charge in [-0.15, -0.1) is 0 Å². The van der Waals surface area contributed by atoms with E-state index >= 15 is 0 Å². The Kier molecular flexibility index (Phi) is 5.79. The van der Waals surface area contributed by atoms with Crippen LogP contribution in [0, 0.1) is 23.6 Å².